The van der Waals surface area contributed by atoms with Crippen LogP contribution in [0.25, 0.3) is 10.2 Å². The van der Waals surface area contributed by atoms with Crippen LogP contribution >= 0.6 is 23.1 Å². The van der Waals surface area contributed by atoms with Crippen molar-refractivity contribution in [1.82, 2.24) is 24.9 Å². The number of piperazine rings is 1. The van der Waals surface area contributed by atoms with Crippen molar-refractivity contribution in [3.05, 3.63) is 44.1 Å². The number of carbonyl (C=O) groups is 1. The Kier molecular flexibility index (Phi) is 6.34. The molecular formula is C22H27N5O3S2. The van der Waals surface area contributed by atoms with E-state index in [1.807, 2.05) is 17.9 Å². The predicted octanol–water partition coefficient (Wildman–Crippen LogP) is 2.74. The molecule has 3 aromatic heterocycles. The van der Waals surface area contributed by atoms with E-state index in [0.29, 0.717) is 30.4 Å². The molecule has 1 aliphatic heterocycles. The van der Waals surface area contributed by atoms with E-state index in [1.165, 1.54) is 28.6 Å². The number of hydrogen-bond donors (Lipinski definition) is 1. The van der Waals surface area contributed by atoms with Crippen LogP contribution in [0.15, 0.2) is 15.4 Å². The van der Waals surface area contributed by atoms with Crippen LogP contribution in [0.5, 0.6) is 0 Å². The molecule has 4 heterocycles. The second-order valence-corrected chi connectivity index (χ2v) is 10.6. The first-order valence-corrected chi connectivity index (χ1v) is 13.1. The number of aromatic amines is 1. The van der Waals surface area contributed by atoms with Gasteiger partial charge >= 0.3 is 0 Å². The largest absolute Gasteiger partial charge is 0.360 e. The Labute approximate surface area is 194 Å². The third kappa shape index (κ3) is 4.62. The molecule has 0 saturated carbocycles. The Bertz CT molecular complexity index is 1180. The van der Waals surface area contributed by atoms with E-state index < -0.39 is 0 Å². The summed E-state index contributed by atoms with van der Waals surface area (Å²) in [6.45, 7) is 5.72. The molecule has 0 bridgehead atoms. The fraction of sp³-hybridized carbons (Fsp3) is 0.545. The van der Waals surface area contributed by atoms with Crippen molar-refractivity contribution >= 4 is 39.2 Å². The zero-order valence-electron chi connectivity index (χ0n) is 18.2. The van der Waals surface area contributed by atoms with Crippen LogP contribution in [0.3, 0.4) is 0 Å². The number of aromatic nitrogens is 3. The lowest BCUT2D eigenvalue weighted by molar-refractivity contribution is -0.130. The number of hydrogen-bond acceptors (Lipinski definition) is 8. The first-order valence-electron chi connectivity index (χ1n) is 11.1. The number of thioether (sulfide) groups is 1. The number of fused-ring (bicyclic) bond motifs is 3. The van der Waals surface area contributed by atoms with E-state index in [1.54, 1.807) is 11.3 Å². The van der Waals surface area contributed by atoms with E-state index in [-0.39, 0.29) is 11.5 Å². The van der Waals surface area contributed by atoms with Gasteiger partial charge in [-0.25, -0.2) is 4.98 Å². The quantitative estimate of drug-likeness (QED) is 0.588. The second-order valence-electron chi connectivity index (χ2n) is 8.49. The van der Waals surface area contributed by atoms with Crippen LogP contribution < -0.4 is 5.56 Å². The number of H-pyrrole nitrogens is 1. The molecule has 2 aliphatic rings. The van der Waals surface area contributed by atoms with E-state index in [9.17, 15) is 9.59 Å². The number of rotatable bonds is 6. The molecule has 0 aromatic carbocycles. The maximum Gasteiger partial charge on any atom is 0.259 e. The van der Waals surface area contributed by atoms with Gasteiger partial charge < -0.3 is 14.4 Å². The van der Waals surface area contributed by atoms with Gasteiger partial charge in [0.15, 0.2) is 5.76 Å². The average Bonchev–Trinajstić information content (AvgIpc) is 3.37. The van der Waals surface area contributed by atoms with Crippen LogP contribution in [-0.2, 0) is 29.9 Å². The molecule has 0 spiro atoms. The van der Waals surface area contributed by atoms with Gasteiger partial charge in [-0.3, -0.25) is 14.5 Å². The van der Waals surface area contributed by atoms with Crippen LogP contribution in [0.1, 0.15) is 40.6 Å². The molecule has 32 heavy (non-hydrogen) atoms. The van der Waals surface area contributed by atoms with E-state index in [0.717, 1.165) is 60.6 Å². The molecule has 3 aromatic rings. The minimum atomic E-state index is -0.0330. The van der Waals surface area contributed by atoms with Crippen molar-refractivity contribution in [3.63, 3.8) is 0 Å². The molecule has 0 atom stereocenters. The highest BCUT2D eigenvalue weighted by Crippen LogP contribution is 2.33. The third-order valence-corrected chi connectivity index (χ3v) is 8.23. The zero-order chi connectivity index (χ0) is 22.1. The van der Waals surface area contributed by atoms with E-state index in [2.05, 4.69) is 15.0 Å². The van der Waals surface area contributed by atoms with Crippen molar-refractivity contribution in [1.29, 1.82) is 0 Å². The van der Waals surface area contributed by atoms with Gasteiger partial charge in [0, 0.05) is 37.1 Å². The third-order valence-electron chi connectivity index (χ3n) is 6.12. The molecule has 1 fully saturated rings. The lowest BCUT2D eigenvalue weighted by Gasteiger charge is -2.34. The first-order chi connectivity index (χ1) is 15.6. The second kappa shape index (κ2) is 9.36. The lowest BCUT2D eigenvalue weighted by Crippen LogP contribution is -2.48. The summed E-state index contributed by atoms with van der Waals surface area (Å²) in [4.78, 5) is 39.3. The Morgan fingerprint density at radius 3 is 2.84 bits per heavy atom. The maximum atomic E-state index is 12.7. The molecule has 0 radical (unpaired) electrons. The summed E-state index contributed by atoms with van der Waals surface area (Å²) in [5, 5.41) is 4.71. The number of carbonyl (C=O) groups excluding carboxylic acids is 1. The molecule has 1 amide bonds. The zero-order valence-corrected chi connectivity index (χ0v) is 19.8. The average molecular weight is 474 g/mol. The van der Waals surface area contributed by atoms with Gasteiger partial charge in [-0.15, -0.1) is 23.1 Å². The molecule has 1 N–H and O–H groups in total. The molecule has 1 aliphatic carbocycles. The molecular weight excluding hydrogens is 446 g/mol. The van der Waals surface area contributed by atoms with Crippen LogP contribution in [0, 0.1) is 6.92 Å². The van der Waals surface area contributed by atoms with Crippen LogP contribution in [-0.4, -0.2) is 62.8 Å². The Hall–Kier alpha value is -2.17. The number of thiophene rings is 1. The maximum absolute atomic E-state index is 12.7. The minimum Gasteiger partial charge on any atom is -0.360 e. The first kappa shape index (κ1) is 21.7. The lowest BCUT2D eigenvalue weighted by atomic mass is 9.97. The summed E-state index contributed by atoms with van der Waals surface area (Å²) in [6.07, 6.45) is 4.37. The summed E-state index contributed by atoms with van der Waals surface area (Å²) >= 11 is 3.17. The normalized spacial score (nSPS) is 17.1. The van der Waals surface area contributed by atoms with Gasteiger partial charge in [-0.2, -0.15) is 0 Å². The van der Waals surface area contributed by atoms with Gasteiger partial charge in [0.25, 0.3) is 5.56 Å². The number of nitrogens with zero attached hydrogens (tertiary/aromatic N) is 4. The summed E-state index contributed by atoms with van der Waals surface area (Å²) in [5.74, 6) is 2.59. The predicted molar refractivity (Wildman–Crippen MR) is 126 cm³/mol. The number of nitrogens with one attached hydrogen (secondary N) is 1. The van der Waals surface area contributed by atoms with Crippen LogP contribution in [0.2, 0.25) is 0 Å². The highest BCUT2D eigenvalue weighted by Gasteiger charge is 2.23. The van der Waals surface area contributed by atoms with E-state index in [4.69, 9.17) is 9.51 Å². The fourth-order valence-electron chi connectivity index (χ4n) is 4.47. The monoisotopic (exact) mass is 473 g/mol. The molecule has 8 nitrogen and oxygen atoms in total. The minimum absolute atomic E-state index is 0.0330. The SMILES string of the molecule is Cc1cc(CN2CCN(C(=O)CSCc3nc4sc5c(c4c(=O)[nH]3)CCCC5)CC2)on1. The van der Waals surface area contributed by atoms with Gasteiger partial charge in [0.05, 0.1) is 29.1 Å². The van der Waals surface area contributed by atoms with Gasteiger partial charge in [-0.05, 0) is 38.2 Å². The molecule has 170 valence electrons. The van der Waals surface area contributed by atoms with E-state index >= 15 is 0 Å². The summed E-state index contributed by atoms with van der Waals surface area (Å²) in [7, 11) is 0. The topological polar surface area (TPSA) is 95.3 Å². The smallest absolute Gasteiger partial charge is 0.259 e. The number of amides is 1. The number of aryl methyl sites for hydroxylation is 3. The van der Waals surface area contributed by atoms with Gasteiger partial charge in [0.1, 0.15) is 10.7 Å². The van der Waals surface area contributed by atoms with Gasteiger partial charge in [0.2, 0.25) is 5.91 Å². The molecule has 5 rings (SSSR count). The van der Waals surface area contributed by atoms with Crippen molar-refractivity contribution in [2.75, 3.05) is 31.9 Å². The summed E-state index contributed by atoms with van der Waals surface area (Å²) in [5.41, 5.74) is 2.06. The van der Waals surface area contributed by atoms with Crippen molar-refractivity contribution in [2.45, 2.75) is 44.9 Å². The Balaban J connectivity index is 1.12. The Morgan fingerprint density at radius 1 is 1.25 bits per heavy atom. The molecule has 10 heteroatoms. The fourth-order valence-corrected chi connectivity index (χ4v) is 6.54. The standard InChI is InChI=1S/C22H27N5O3S2/c1-14-10-15(30-25-14)11-26-6-8-27(9-7-26)19(28)13-31-12-18-23-21(29)20-16-4-2-3-5-17(16)32-22(20)24-18/h10H,2-9,11-13H2,1H3,(H,23,24,29). The van der Waals surface area contributed by atoms with Gasteiger partial charge in [-0.1, -0.05) is 5.16 Å². The van der Waals surface area contributed by atoms with Crippen molar-refractivity contribution in [2.24, 2.45) is 0 Å². The Morgan fingerprint density at radius 2 is 2.06 bits per heavy atom. The summed E-state index contributed by atoms with van der Waals surface area (Å²) < 4.78 is 5.29. The molecule has 0 unspecified atom stereocenters. The molecule has 1 saturated heterocycles. The highest BCUT2D eigenvalue weighted by molar-refractivity contribution is 7.99. The summed E-state index contributed by atoms with van der Waals surface area (Å²) in [6, 6.07) is 1.95. The highest BCUT2D eigenvalue weighted by atomic mass is 32.2. The van der Waals surface area contributed by atoms with Crippen molar-refractivity contribution < 1.29 is 9.32 Å². The van der Waals surface area contributed by atoms with Crippen molar-refractivity contribution in [3.8, 4) is 0 Å². The van der Waals surface area contributed by atoms with Crippen LogP contribution in [0.4, 0.5) is 0 Å².